The van der Waals surface area contributed by atoms with Crippen LogP contribution in [0.15, 0.2) is 12.1 Å². The van der Waals surface area contributed by atoms with Crippen molar-refractivity contribution in [1.29, 1.82) is 0 Å². The maximum Gasteiger partial charge on any atom is 0.163 e. The van der Waals surface area contributed by atoms with Crippen molar-refractivity contribution in [3.63, 3.8) is 0 Å². The number of halogens is 3. The number of rotatable bonds is 3. The van der Waals surface area contributed by atoms with E-state index in [4.69, 9.17) is 5.73 Å². The fourth-order valence-corrected chi connectivity index (χ4v) is 1.48. The molecule has 0 radical (unpaired) electrons. The van der Waals surface area contributed by atoms with Crippen LogP contribution in [0.2, 0.25) is 0 Å². The van der Waals surface area contributed by atoms with Crippen LogP contribution in [0, 0.1) is 24.5 Å². The second kappa shape index (κ2) is 6.16. The molecule has 0 spiro atoms. The normalized spacial score (nSPS) is 14.1. The van der Waals surface area contributed by atoms with Gasteiger partial charge in [-0.15, -0.1) is 12.4 Å². The molecule has 16 heavy (non-hydrogen) atoms. The van der Waals surface area contributed by atoms with Crippen LogP contribution in [0.4, 0.5) is 8.78 Å². The molecule has 0 amide bonds. The minimum atomic E-state index is -0.803. The van der Waals surface area contributed by atoms with Crippen molar-refractivity contribution < 1.29 is 8.78 Å². The molecule has 0 aliphatic heterocycles. The van der Waals surface area contributed by atoms with E-state index in [9.17, 15) is 8.78 Å². The Morgan fingerprint density at radius 2 is 1.81 bits per heavy atom. The third-order valence-electron chi connectivity index (χ3n) is 2.92. The zero-order chi connectivity index (χ0) is 11.6. The Morgan fingerprint density at radius 3 is 2.31 bits per heavy atom. The van der Waals surface area contributed by atoms with Crippen LogP contribution in [0.5, 0.6) is 0 Å². The van der Waals surface area contributed by atoms with E-state index >= 15 is 0 Å². The third kappa shape index (κ3) is 2.92. The highest BCUT2D eigenvalue weighted by Crippen LogP contribution is 2.26. The van der Waals surface area contributed by atoms with E-state index in [-0.39, 0.29) is 23.9 Å². The highest BCUT2D eigenvalue weighted by Gasteiger charge is 2.20. The lowest BCUT2D eigenvalue weighted by atomic mass is 9.92. The molecule has 4 heteroatoms. The van der Waals surface area contributed by atoms with Gasteiger partial charge in [0.25, 0.3) is 0 Å². The smallest absolute Gasteiger partial charge is 0.163 e. The maximum atomic E-state index is 13.6. The molecule has 2 N–H and O–H groups in total. The van der Waals surface area contributed by atoms with Gasteiger partial charge in [0.2, 0.25) is 0 Å². The molecular formula is C12H18ClF2N. The van der Waals surface area contributed by atoms with Gasteiger partial charge in [0.05, 0.1) is 0 Å². The van der Waals surface area contributed by atoms with Crippen molar-refractivity contribution >= 4 is 12.4 Å². The lowest BCUT2D eigenvalue weighted by molar-refractivity contribution is 0.422. The molecule has 1 aromatic carbocycles. The van der Waals surface area contributed by atoms with Crippen LogP contribution < -0.4 is 5.73 Å². The molecule has 0 saturated heterocycles. The first kappa shape index (κ1) is 15.3. The minimum Gasteiger partial charge on any atom is -0.324 e. The SMILES string of the molecule is CCC(C)[C@@H](N)c1ccc(C)c(F)c1F.Cl. The van der Waals surface area contributed by atoms with Gasteiger partial charge in [-0.1, -0.05) is 32.4 Å². The molecule has 92 valence electrons. The average Bonchev–Trinajstić information content (AvgIpc) is 2.24. The summed E-state index contributed by atoms with van der Waals surface area (Å²) in [5.74, 6) is -1.45. The quantitative estimate of drug-likeness (QED) is 0.868. The van der Waals surface area contributed by atoms with Gasteiger partial charge in [0.1, 0.15) is 0 Å². The van der Waals surface area contributed by atoms with Crippen molar-refractivity contribution in [1.82, 2.24) is 0 Å². The molecule has 0 saturated carbocycles. The molecule has 1 rings (SSSR count). The number of hydrogen-bond donors (Lipinski definition) is 1. The number of aryl methyl sites for hydroxylation is 1. The van der Waals surface area contributed by atoms with Gasteiger partial charge in [-0.2, -0.15) is 0 Å². The molecule has 0 aliphatic rings. The average molecular weight is 250 g/mol. The fraction of sp³-hybridized carbons (Fsp3) is 0.500. The molecule has 0 heterocycles. The molecule has 2 atom stereocenters. The van der Waals surface area contributed by atoms with Gasteiger partial charge < -0.3 is 5.73 Å². The Bertz CT molecular complexity index is 355. The number of nitrogens with two attached hydrogens (primary N) is 1. The molecular weight excluding hydrogens is 232 g/mol. The van der Waals surface area contributed by atoms with E-state index in [0.717, 1.165) is 6.42 Å². The van der Waals surface area contributed by atoms with Crippen LogP contribution in [0.1, 0.15) is 37.4 Å². The zero-order valence-corrected chi connectivity index (χ0v) is 10.6. The molecule has 1 unspecified atom stereocenters. The Kier molecular flexibility index (Phi) is 5.90. The lowest BCUT2D eigenvalue weighted by Gasteiger charge is -2.19. The Balaban J connectivity index is 0.00000225. The van der Waals surface area contributed by atoms with Crippen LogP contribution in [0.3, 0.4) is 0 Å². The third-order valence-corrected chi connectivity index (χ3v) is 2.92. The molecule has 1 aromatic rings. The van der Waals surface area contributed by atoms with E-state index in [1.165, 1.54) is 6.92 Å². The van der Waals surface area contributed by atoms with Crippen molar-refractivity contribution in [2.45, 2.75) is 33.2 Å². The lowest BCUT2D eigenvalue weighted by Crippen LogP contribution is -2.20. The maximum absolute atomic E-state index is 13.6. The van der Waals surface area contributed by atoms with Gasteiger partial charge in [-0.3, -0.25) is 0 Å². The van der Waals surface area contributed by atoms with Crippen LogP contribution in [0.25, 0.3) is 0 Å². The molecule has 0 aromatic heterocycles. The number of benzene rings is 1. The predicted molar refractivity (Wildman–Crippen MR) is 64.7 cm³/mol. The van der Waals surface area contributed by atoms with Gasteiger partial charge in [-0.05, 0) is 18.4 Å². The Morgan fingerprint density at radius 1 is 1.25 bits per heavy atom. The van der Waals surface area contributed by atoms with Crippen LogP contribution in [-0.2, 0) is 0 Å². The molecule has 0 fully saturated rings. The summed E-state index contributed by atoms with van der Waals surface area (Å²) >= 11 is 0. The standard InChI is InChI=1S/C12H17F2N.ClH/c1-4-7(2)12(15)9-6-5-8(3)10(13)11(9)14;/h5-7,12H,4,15H2,1-3H3;1H/t7?,12-;/m1./s1. The highest BCUT2D eigenvalue weighted by atomic mass is 35.5. The van der Waals surface area contributed by atoms with E-state index in [1.54, 1.807) is 12.1 Å². The molecule has 1 nitrogen and oxygen atoms in total. The second-order valence-corrected chi connectivity index (χ2v) is 4.01. The van der Waals surface area contributed by atoms with E-state index in [1.807, 2.05) is 13.8 Å². The first-order valence-corrected chi connectivity index (χ1v) is 5.19. The van der Waals surface area contributed by atoms with Crippen molar-refractivity contribution in [2.75, 3.05) is 0 Å². The predicted octanol–water partition coefficient (Wildman–Crippen LogP) is 3.74. The number of hydrogen-bond acceptors (Lipinski definition) is 1. The van der Waals surface area contributed by atoms with Crippen LogP contribution in [-0.4, -0.2) is 0 Å². The highest BCUT2D eigenvalue weighted by molar-refractivity contribution is 5.85. The summed E-state index contributed by atoms with van der Waals surface area (Å²) < 4.78 is 26.8. The summed E-state index contributed by atoms with van der Waals surface area (Å²) in [5.41, 5.74) is 6.45. The zero-order valence-electron chi connectivity index (χ0n) is 9.76. The summed E-state index contributed by atoms with van der Waals surface area (Å²) in [6.07, 6.45) is 0.843. The Hall–Kier alpha value is -0.670. The summed E-state index contributed by atoms with van der Waals surface area (Å²) in [5, 5.41) is 0. The minimum absolute atomic E-state index is 0. The summed E-state index contributed by atoms with van der Waals surface area (Å²) in [7, 11) is 0. The first-order chi connectivity index (χ1) is 6.99. The fourth-order valence-electron chi connectivity index (χ4n) is 1.48. The van der Waals surface area contributed by atoms with E-state index in [2.05, 4.69) is 0 Å². The Labute approximate surface area is 101 Å². The van der Waals surface area contributed by atoms with Crippen molar-refractivity contribution in [2.24, 2.45) is 11.7 Å². The van der Waals surface area contributed by atoms with E-state index in [0.29, 0.717) is 5.56 Å². The second-order valence-electron chi connectivity index (χ2n) is 4.01. The monoisotopic (exact) mass is 249 g/mol. The van der Waals surface area contributed by atoms with Gasteiger partial charge in [0.15, 0.2) is 11.6 Å². The summed E-state index contributed by atoms with van der Waals surface area (Å²) in [4.78, 5) is 0. The van der Waals surface area contributed by atoms with Crippen molar-refractivity contribution in [3.05, 3.63) is 34.9 Å². The first-order valence-electron chi connectivity index (χ1n) is 5.19. The largest absolute Gasteiger partial charge is 0.324 e. The summed E-state index contributed by atoms with van der Waals surface area (Å²) in [6, 6.07) is 2.70. The van der Waals surface area contributed by atoms with Gasteiger partial charge in [-0.25, -0.2) is 8.78 Å². The van der Waals surface area contributed by atoms with Crippen molar-refractivity contribution in [3.8, 4) is 0 Å². The summed E-state index contributed by atoms with van der Waals surface area (Å²) in [6.45, 7) is 5.45. The molecule has 0 aliphatic carbocycles. The van der Waals surface area contributed by atoms with E-state index < -0.39 is 17.7 Å². The topological polar surface area (TPSA) is 26.0 Å². The molecule has 0 bridgehead atoms. The van der Waals surface area contributed by atoms with Gasteiger partial charge >= 0.3 is 0 Å². The van der Waals surface area contributed by atoms with Gasteiger partial charge in [0, 0.05) is 11.6 Å². The van der Waals surface area contributed by atoms with Crippen LogP contribution >= 0.6 is 12.4 Å².